The van der Waals surface area contributed by atoms with E-state index in [0.717, 1.165) is 12.0 Å². The molecule has 0 aliphatic carbocycles. The van der Waals surface area contributed by atoms with Gasteiger partial charge in [0, 0.05) is 10.9 Å². The molecule has 3 heteroatoms. The summed E-state index contributed by atoms with van der Waals surface area (Å²) in [4.78, 5) is 0. The molecule has 0 aliphatic rings. The number of nitrogens with two attached hydrogens (primary N) is 1. The van der Waals surface area contributed by atoms with Crippen LogP contribution in [-0.2, 0) is 6.42 Å². The van der Waals surface area contributed by atoms with Gasteiger partial charge in [0.15, 0.2) is 0 Å². The molecule has 0 bridgehead atoms. The van der Waals surface area contributed by atoms with E-state index in [1.165, 1.54) is 23.3 Å². The second kappa shape index (κ2) is 6.18. The van der Waals surface area contributed by atoms with Crippen molar-refractivity contribution in [1.29, 1.82) is 0 Å². The molecular weight excluding hydrogens is 261 g/mol. The number of hydrogen-bond donors (Lipinski definition) is 1. The van der Waals surface area contributed by atoms with Gasteiger partial charge in [-0.25, -0.2) is 4.39 Å². The summed E-state index contributed by atoms with van der Waals surface area (Å²) in [6, 6.07) is 12.8. The first-order valence-electron chi connectivity index (χ1n) is 6.30. The number of hydrogen-bond acceptors (Lipinski definition) is 1. The van der Waals surface area contributed by atoms with Crippen molar-refractivity contribution < 1.29 is 4.39 Å². The molecule has 0 spiro atoms. The summed E-state index contributed by atoms with van der Waals surface area (Å²) in [7, 11) is 0. The predicted octanol–water partition coefficient (Wildman–Crippen LogP) is 4.07. The zero-order valence-electron chi connectivity index (χ0n) is 10.9. The molecule has 1 nitrogen and oxygen atoms in total. The van der Waals surface area contributed by atoms with Crippen molar-refractivity contribution in [3.63, 3.8) is 0 Å². The monoisotopic (exact) mass is 277 g/mol. The first-order valence-corrected chi connectivity index (χ1v) is 6.68. The van der Waals surface area contributed by atoms with Crippen molar-refractivity contribution >= 4 is 11.6 Å². The highest BCUT2D eigenvalue weighted by Crippen LogP contribution is 2.25. The van der Waals surface area contributed by atoms with Crippen molar-refractivity contribution in [3.05, 3.63) is 70.0 Å². The average molecular weight is 278 g/mol. The third-order valence-corrected chi connectivity index (χ3v) is 3.63. The lowest BCUT2D eigenvalue weighted by atomic mass is 9.91. The molecule has 0 aromatic heterocycles. The fourth-order valence-corrected chi connectivity index (χ4v) is 2.46. The Morgan fingerprint density at radius 1 is 1.21 bits per heavy atom. The van der Waals surface area contributed by atoms with Crippen LogP contribution in [0.5, 0.6) is 0 Å². The molecule has 2 rings (SSSR count). The van der Waals surface area contributed by atoms with E-state index in [1.807, 2.05) is 6.07 Å². The van der Waals surface area contributed by atoms with E-state index in [4.69, 9.17) is 17.3 Å². The van der Waals surface area contributed by atoms with Gasteiger partial charge in [0.1, 0.15) is 5.82 Å². The van der Waals surface area contributed by atoms with Crippen LogP contribution in [0.3, 0.4) is 0 Å². The molecule has 2 N–H and O–H groups in total. The van der Waals surface area contributed by atoms with E-state index in [9.17, 15) is 4.39 Å². The fourth-order valence-electron chi connectivity index (χ4n) is 2.21. The summed E-state index contributed by atoms with van der Waals surface area (Å²) in [5, 5.41) is 0.464. The van der Waals surface area contributed by atoms with Crippen LogP contribution in [0.4, 0.5) is 4.39 Å². The number of benzene rings is 2. The molecule has 0 radical (unpaired) electrons. The minimum absolute atomic E-state index is 0.197. The fraction of sp³-hybridized carbons (Fsp3) is 0.250. The van der Waals surface area contributed by atoms with Crippen molar-refractivity contribution in [3.8, 4) is 0 Å². The number of aryl methyl sites for hydroxylation is 1. The first-order chi connectivity index (χ1) is 9.10. The van der Waals surface area contributed by atoms with Gasteiger partial charge in [-0.1, -0.05) is 47.5 Å². The van der Waals surface area contributed by atoms with Crippen LogP contribution in [0.15, 0.2) is 42.5 Å². The lowest BCUT2D eigenvalue weighted by molar-refractivity contribution is 0.625. The van der Waals surface area contributed by atoms with Gasteiger partial charge in [-0.05, 0) is 43.1 Å². The van der Waals surface area contributed by atoms with Gasteiger partial charge < -0.3 is 5.73 Å². The minimum Gasteiger partial charge on any atom is -0.330 e. The van der Waals surface area contributed by atoms with Crippen LogP contribution in [0.2, 0.25) is 5.02 Å². The smallest absolute Gasteiger partial charge is 0.124 e. The van der Waals surface area contributed by atoms with Crippen LogP contribution in [-0.4, -0.2) is 6.54 Å². The molecule has 0 saturated carbocycles. The Kier molecular flexibility index (Phi) is 4.56. The summed E-state index contributed by atoms with van der Waals surface area (Å²) < 4.78 is 13.0. The van der Waals surface area contributed by atoms with Gasteiger partial charge in [-0.3, -0.25) is 0 Å². The van der Waals surface area contributed by atoms with Gasteiger partial charge in [-0.15, -0.1) is 0 Å². The van der Waals surface area contributed by atoms with E-state index in [-0.39, 0.29) is 11.7 Å². The van der Waals surface area contributed by atoms with Gasteiger partial charge in [0.25, 0.3) is 0 Å². The van der Waals surface area contributed by atoms with Gasteiger partial charge >= 0.3 is 0 Å². The van der Waals surface area contributed by atoms with E-state index in [0.29, 0.717) is 11.6 Å². The minimum atomic E-state index is -0.311. The molecule has 2 aromatic rings. The normalized spacial score (nSPS) is 12.4. The zero-order valence-corrected chi connectivity index (χ0v) is 11.6. The average Bonchev–Trinajstić information content (AvgIpc) is 2.38. The summed E-state index contributed by atoms with van der Waals surface area (Å²) in [5.74, 6) is -0.114. The molecule has 2 aromatic carbocycles. The molecule has 0 fully saturated rings. The van der Waals surface area contributed by atoms with Crippen LogP contribution < -0.4 is 5.73 Å². The Labute approximate surface area is 118 Å². The first kappa shape index (κ1) is 14.0. The van der Waals surface area contributed by atoms with Gasteiger partial charge in [-0.2, -0.15) is 0 Å². The Balaban J connectivity index is 2.24. The summed E-state index contributed by atoms with van der Waals surface area (Å²) in [6.07, 6.45) is 0.721. The second-order valence-corrected chi connectivity index (χ2v) is 5.19. The van der Waals surface area contributed by atoms with E-state index >= 15 is 0 Å². The summed E-state index contributed by atoms with van der Waals surface area (Å²) in [6.45, 7) is 2.60. The standard InChI is InChI=1S/C16H17ClFN/c1-11-3-2-4-12(7-11)14(10-19)8-13-5-6-15(18)9-16(13)17/h2-7,9,14H,8,10,19H2,1H3. The molecule has 0 aliphatic heterocycles. The maximum atomic E-state index is 13.0. The molecule has 1 unspecified atom stereocenters. The third-order valence-electron chi connectivity index (χ3n) is 3.28. The van der Waals surface area contributed by atoms with E-state index in [1.54, 1.807) is 6.07 Å². The molecule has 19 heavy (non-hydrogen) atoms. The summed E-state index contributed by atoms with van der Waals surface area (Å²) >= 11 is 6.07. The van der Waals surface area contributed by atoms with Crippen LogP contribution in [0.1, 0.15) is 22.6 Å². The van der Waals surface area contributed by atoms with Crippen LogP contribution in [0.25, 0.3) is 0 Å². The zero-order chi connectivity index (χ0) is 13.8. The Hall–Kier alpha value is -1.38. The van der Waals surface area contributed by atoms with Crippen molar-refractivity contribution in [2.24, 2.45) is 5.73 Å². The van der Waals surface area contributed by atoms with E-state index < -0.39 is 0 Å². The second-order valence-electron chi connectivity index (χ2n) is 4.79. The van der Waals surface area contributed by atoms with Gasteiger partial charge in [0.05, 0.1) is 0 Å². The lowest BCUT2D eigenvalue weighted by Gasteiger charge is -2.16. The Morgan fingerprint density at radius 3 is 2.63 bits per heavy atom. The molecule has 100 valence electrons. The topological polar surface area (TPSA) is 26.0 Å². The highest BCUT2D eigenvalue weighted by atomic mass is 35.5. The number of halogens is 2. The lowest BCUT2D eigenvalue weighted by Crippen LogP contribution is -2.15. The molecule has 0 heterocycles. The van der Waals surface area contributed by atoms with Crippen molar-refractivity contribution in [1.82, 2.24) is 0 Å². The van der Waals surface area contributed by atoms with Crippen molar-refractivity contribution in [2.45, 2.75) is 19.3 Å². The predicted molar refractivity (Wildman–Crippen MR) is 78.1 cm³/mol. The third kappa shape index (κ3) is 3.55. The largest absolute Gasteiger partial charge is 0.330 e. The molecule has 1 atom stereocenters. The number of rotatable bonds is 4. The quantitative estimate of drug-likeness (QED) is 0.896. The molecule has 0 amide bonds. The Bertz CT molecular complexity index is 568. The van der Waals surface area contributed by atoms with Gasteiger partial charge in [0.2, 0.25) is 0 Å². The highest BCUT2D eigenvalue weighted by Gasteiger charge is 2.13. The SMILES string of the molecule is Cc1cccc(C(CN)Cc2ccc(F)cc2Cl)c1. The van der Waals surface area contributed by atoms with Crippen LogP contribution in [0, 0.1) is 12.7 Å². The Morgan fingerprint density at radius 2 is 2.00 bits per heavy atom. The van der Waals surface area contributed by atoms with E-state index in [2.05, 4.69) is 25.1 Å². The van der Waals surface area contributed by atoms with Crippen molar-refractivity contribution in [2.75, 3.05) is 6.54 Å². The highest BCUT2D eigenvalue weighted by molar-refractivity contribution is 6.31. The maximum Gasteiger partial charge on any atom is 0.124 e. The maximum absolute atomic E-state index is 13.0. The molecular formula is C16H17ClFN. The van der Waals surface area contributed by atoms with Crippen LogP contribution >= 0.6 is 11.6 Å². The summed E-state index contributed by atoms with van der Waals surface area (Å²) in [5.41, 5.74) is 9.20. The molecule has 0 saturated heterocycles.